The molecule has 0 bridgehead atoms. The van der Waals surface area contributed by atoms with Crippen molar-refractivity contribution in [1.82, 2.24) is 9.47 Å². The first-order valence-corrected chi connectivity index (χ1v) is 12.8. The van der Waals surface area contributed by atoms with Crippen molar-refractivity contribution in [3.05, 3.63) is 54.2 Å². The number of hydrogen-bond donors (Lipinski definition) is 1. The standard InChI is InChI=1S/C25H27F3N3O3S/c1-4-35(32,33)18-8-5-7-16(13-18)19-9-10-21(34-12-6-11-29)23-22(19)20-14-17(25(26,27)28)15-30-24(20)31(23,2)3/h5,7-10,13-15H,4,6,11-12,29H2,1-3H3/q+1. The summed E-state index contributed by atoms with van der Waals surface area (Å²) in [6.07, 6.45) is -3.11. The van der Waals surface area contributed by atoms with Gasteiger partial charge in [-0.05, 0) is 54.4 Å². The van der Waals surface area contributed by atoms with Crippen LogP contribution in [0.4, 0.5) is 24.7 Å². The summed E-state index contributed by atoms with van der Waals surface area (Å²) in [6.45, 7) is 2.35. The lowest BCUT2D eigenvalue weighted by Gasteiger charge is -2.26. The van der Waals surface area contributed by atoms with Gasteiger partial charge in [-0.1, -0.05) is 19.1 Å². The number of hydrogen-bond acceptors (Lipinski definition) is 5. The van der Waals surface area contributed by atoms with Gasteiger partial charge in [-0.25, -0.2) is 17.9 Å². The number of nitrogens with two attached hydrogens (primary N) is 1. The van der Waals surface area contributed by atoms with E-state index < -0.39 is 21.6 Å². The van der Waals surface area contributed by atoms with E-state index in [1.54, 1.807) is 37.3 Å². The molecule has 10 heteroatoms. The van der Waals surface area contributed by atoms with E-state index in [0.29, 0.717) is 59.1 Å². The third-order valence-electron chi connectivity index (χ3n) is 6.18. The maximum atomic E-state index is 13.6. The number of benzene rings is 2. The Morgan fingerprint density at radius 3 is 2.49 bits per heavy atom. The van der Waals surface area contributed by atoms with Crippen LogP contribution in [0.15, 0.2) is 53.6 Å². The fourth-order valence-electron chi connectivity index (χ4n) is 4.39. The van der Waals surface area contributed by atoms with Crippen molar-refractivity contribution in [2.24, 2.45) is 5.73 Å². The van der Waals surface area contributed by atoms with E-state index in [1.165, 1.54) is 6.07 Å². The largest absolute Gasteiger partial charge is 0.487 e. The van der Waals surface area contributed by atoms with E-state index in [2.05, 4.69) is 4.98 Å². The van der Waals surface area contributed by atoms with Gasteiger partial charge < -0.3 is 10.5 Å². The summed E-state index contributed by atoms with van der Waals surface area (Å²) < 4.78 is 71.9. The van der Waals surface area contributed by atoms with Crippen LogP contribution in [0.5, 0.6) is 5.75 Å². The second-order valence-corrected chi connectivity index (χ2v) is 11.1. The summed E-state index contributed by atoms with van der Waals surface area (Å²) in [5, 5.41) is 0. The molecule has 0 spiro atoms. The second-order valence-electron chi connectivity index (χ2n) is 8.80. The van der Waals surface area contributed by atoms with Crippen molar-refractivity contribution in [1.29, 1.82) is 0 Å². The van der Waals surface area contributed by atoms with Gasteiger partial charge in [-0.15, -0.1) is 0 Å². The minimum atomic E-state index is -4.56. The minimum Gasteiger partial charge on any atom is -0.487 e. The molecular formula is C25H27F3N3O3S+. The highest BCUT2D eigenvalue weighted by Gasteiger charge is 2.45. The molecule has 1 aliphatic heterocycles. The highest BCUT2D eigenvalue weighted by molar-refractivity contribution is 7.91. The van der Waals surface area contributed by atoms with E-state index >= 15 is 0 Å². The van der Waals surface area contributed by atoms with Crippen LogP contribution >= 0.6 is 0 Å². The Bertz CT molecular complexity index is 1390. The molecule has 0 radical (unpaired) electrons. The van der Waals surface area contributed by atoms with Gasteiger partial charge in [0.2, 0.25) is 5.82 Å². The van der Waals surface area contributed by atoms with Crippen LogP contribution in [0.2, 0.25) is 0 Å². The molecular weight excluding hydrogens is 479 g/mol. The Kier molecular flexibility index (Phi) is 6.41. The van der Waals surface area contributed by atoms with Crippen molar-refractivity contribution < 1.29 is 26.3 Å². The van der Waals surface area contributed by atoms with E-state index in [0.717, 1.165) is 12.3 Å². The molecule has 1 aromatic heterocycles. The Labute approximate surface area is 202 Å². The Morgan fingerprint density at radius 2 is 1.83 bits per heavy atom. The van der Waals surface area contributed by atoms with Gasteiger partial charge in [0.05, 0.1) is 48.0 Å². The lowest BCUT2D eigenvalue weighted by Crippen LogP contribution is -2.33. The number of sulfone groups is 1. The lowest BCUT2D eigenvalue weighted by molar-refractivity contribution is -0.137. The molecule has 35 heavy (non-hydrogen) atoms. The quantitative estimate of drug-likeness (QED) is 0.353. The number of aromatic nitrogens is 1. The van der Waals surface area contributed by atoms with Crippen LogP contribution in [0.25, 0.3) is 22.3 Å². The topological polar surface area (TPSA) is 82.3 Å². The predicted octanol–water partition coefficient (Wildman–Crippen LogP) is 5.17. The van der Waals surface area contributed by atoms with E-state index in [1.807, 2.05) is 14.1 Å². The molecule has 0 aliphatic carbocycles. The first-order valence-electron chi connectivity index (χ1n) is 11.2. The molecule has 6 nitrogen and oxygen atoms in total. The van der Waals surface area contributed by atoms with Crippen LogP contribution in [0.3, 0.4) is 0 Å². The molecule has 4 rings (SSSR count). The first-order chi connectivity index (χ1) is 16.4. The molecule has 0 unspecified atom stereocenters. The number of halogens is 3. The number of nitrogens with zero attached hydrogens (tertiary/aromatic N) is 2. The molecule has 2 N–H and O–H groups in total. The van der Waals surface area contributed by atoms with Crippen molar-refractivity contribution >= 4 is 21.3 Å². The number of alkyl halides is 3. The van der Waals surface area contributed by atoms with Crippen molar-refractivity contribution in [3.63, 3.8) is 0 Å². The van der Waals surface area contributed by atoms with Gasteiger partial charge in [0, 0.05) is 6.20 Å². The van der Waals surface area contributed by atoms with E-state index in [4.69, 9.17) is 10.5 Å². The maximum absolute atomic E-state index is 13.6. The van der Waals surface area contributed by atoms with Crippen LogP contribution < -0.4 is 15.0 Å². The summed E-state index contributed by atoms with van der Waals surface area (Å²) in [5.41, 5.74) is 7.46. The minimum absolute atomic E-state index is 0.0614. The molecule has 2 heterocycles. The van der Waals surface area contributed by atoms with Gasteiger partial charge in [0.15, 0.2) is 21.3 Å². The third-order valence-corrected chi connectivity index (χ3v) is 7.92. The zero-order chi connectivity index (χ0) is 25.6. The monoisotopic (exact) mass is 506 g/mol. The number of quaternary nitrogens is 1. The van der Waals surface area contributed by atoms with Crippen molar-refractivity contribution in [3.8, 4) is 28.0 Å². The summed E-state index contributed by atoms with van der Waals surface area (Å²) in [4.78, 5) is 4.37. The molecule has 186 valence electrons. The van der Waals surface area contributed by atoms with Gasteiger partial charge in [-0.2, -0.15) is 13.2 Å². The molecule has 2 aromatic carbocycles. The third kappa shape index (κ3) is 4.41. The van der Waals surface area contributed by atoms with Crippen LogP contribution in [0.1, 0.15) is 18.9 Å². The lowest BCUT2D eigenvalue weighted by atomic mass is 9.94. The molecule has 0 saturated carbocycles. The fourth-order valence-corrected chi connectivity index (χ4v) is 5.32. The average Bonchev–Trinajstić information content (AvgIpc) is 3.06. The molecule has 0 amide bonds. The van der Waals surface area contributed by atoms with Gasteiger partial charge in [-0.3, -0.25) is 0 Å². The van der Waals surface area contributed by atoms with Crippen LogP contribution in [-0.4, -0.2) is 46.4 Å². The van der Waals surface area contributed by atoms with Crippen molar-refractivity contribution in [2.45, 2.75) is 24.4 Å². The summed E-state index contributed by atoms with van der Waals surface area (Å²) >= 11 is 0. The second kappa shape index (κ2) is 8.92. The zero-order valence-electron chi connectivity index (χ0n) is 19.7. The van der Waals surface area contributed by atoms with Crippen LogP contribution in [-0.2, 0) is 16.0 Å². The summed E-state index contributed by atoms with van der Waals surface area (Å²) in [5.74, 6) is 0.904. The number of fused-ring (bicyclic) bond motifs is 3. The SMILES string of the molecule is CCS(=O)(=O)c1cccc(-c2ccc(OCCCN)c3c2-c2cc(C(F)(F)F)cnc2[N+]3(C)C)c1. The summed E-state index contributed by atoms with van der Waals surface area (Å²) in [6, 6.07) is 11.1. The smallest absolute Gasteiger partial charge is 0.417 e. The molecule has 1 aliphatic rings. The highest BCUT2D eigenvalue weighted by atomic mass is 32.2. The van der Waals surface area contributed by atoms with E-state index in [-0.39, 0.29) is 15.1 Å². The maximum Gasteiger partial charge on any atom is 0.417 e. The fraction of sp³-hybridized carbons (Fsp3) is 0.320. The molecule has 0 atom stereocenters. The Balaban J connectivity index is 2.01. The Hall–Kier alpha value is -2.95. The van der Waals surface area contributed by atoms with E-state index in [9.17, 15) is 21.6 Å². The molecule has 3 aromatic rings. The van der Waals surface area contributed by atoms with Gasteiger partial charge in [0.1, 0.15) is 0 Å². The molecule has 0 saturated heterocycles. The molecule has 0 fully saturated rings. The van der Waals surface area contributed by atoms with Crippen LogP contribution in [0, 0.1) is 0 Å². The normalized spacial score (nSPS) is 14.5. The number of ether oxygens (including phenoxy) is 1. The zero-order valence-corrected chi connectivity index (χ0v) is 20.5. The number of pyridine rings is 1. The van der Waals surface area contributed by atoms with Gasteiger partial charge in [0.25, 0.3) is 0 Å². The van der Waals surface area contributed by atoms with Gasteiger partial charge >= 0.3 is 6.18 Å². The Morgan fingerprint density at radius 1 is 1.09 bits per heavy atom. The summed E-state index contributed by atoms with van der Waals surface area (Å²) in [7, 11) is 0.195. The number of rotatable bonds is 7. The van der Waals surface area contributed by atoms with Crippen molar-refractivity contribution in [2.75, 3.05) is 33.0 Å². The first kappa shape index (κ1) is 25.2. The predicted molar refractivity (Wildman–Crippen MR) is 130 cm³/mol. The average molecular weight is 507 g/mol. The highest BCUT2D eigenvalue weighted by Crippen LogP contribution is 2.58.